The second kappa shape index (κ2) is 11.6. The summed E-state index contributed by atoms with van der Waals surface area (Å²) in [5.41, 5.74) is 5.14. The topological polar surface area (TPSA) is 50.8 Å². The second-order valence-corrected chi connectivity index (χ2v) is 10.1. The number of carbonyl (C=O) groups is 1. The van der Waals surface area contributed by atoms with E-state index in [0.29, 0.717) is 13.2 Å². The number of piperidine rings is 1. The lowest BCUT2D eigenvalue weighted by atomic mass is 9.88. The van der Waals surface area contributed by atoms with Gasteiger partial charge in [-0.15, -0.1) is 0 Å². The van der Waals surface area contributed by atoms with Crippen LogP contribution in [-0.2, 0) is 30.7 Å². The molecule has 36 heavy (non-hydrogen) atoms. The minimum atomic E-state index is -0.0780. The minimum Gasteiger partial charge on any atom is -0.496 e. The van der Waals surface area contributed by atoms with Crippen LogP contribution in [0.5, 0.6) is 11.5 Å². The van der Waals surface area contributed by atoms with Gasteiger partial charge in [0.1, 0.15) is 11.5 Å². The predicted molar refractivity (Wildman–Crippen MR) is 142 cm³/mol. The van der Waals surface area contributed by atoms with Crippen molar-refractivity contribution in [3.8, 4) is 11.5 Å². The summed E-state index contributed by atoms with van der Waals surface area (Å²) in [6.45, 7) is 3.61. The Morgan fingerprint density at radius 3 is 2.64 bits per heavy atom. The molecule has 0 saturated carbocycles. The molecule has 3 aromatic carbocycles. The zero-order valence-electron chi connectivity index (χ0n) is 21.1. The largest absolute Gasteiger partial charge is 0.496 e. The van der Waals surface area contributed by atoms with Gasteiger partial charge < -0.3 is 14.8 Å². The maximum Gasteiger partial charge on any atom is 0.224 e. The highest BCUT2D eigenvalue weighted by molar-refractivity contribution is 5.79. The first-order chi connectivity index (χ1) is 17.7. The van der Waals surface area contributed by atoms with Crippen LogP contribution in [0.15, 0.2) is 72.8 Å². The van der Waals surface area contributed by atoms with Gasteiger partial charge in [0.05, 0.1) is 19.6 Å². The monoisotopic (exact) mass is 484 g/mol. The molecule has 0 spiro atoms. The molecule has 5 rings (SSSR count). The highest BCUT2D eigenvalue weighted by atomic mass is 16.5. The molecule has 0 aromatic heterocycles. The Hall–Kier alpha value is -3.31. The molecule has 1 fully saturated rings. The number of nitrogens with one attached hydrogen (secondary N) is 1. The van der Waals surface area contributed by atoms with E-state index >= 15 is 0 Å². The number of hydrogen-bond acceptors (Lipinski definition) is 4. The average molecular weight is 485 g/mol. The van der Waals surface area contributed by atoms with Crippen LogP contribution in [0, 0.1) is 11.8 Å². The highest BCUT2D eigenvalue weighted by Gasteiger charge is 2.32. The summed E-state index contributed by atoms with van der Waals surface area (Å²) in [6, 6.07) is 24.9. The van der Waals surface area contributed by atoms with Gasteiger partial charge in [0.15, 0.2) is 0 Å². The quantitative estimate of drug-likeness (QED) is 0.464. The average Bonchev–Trinajstić information content (AvgIpc) is 3.39. The maximum absolute atomic E-state index is 13.3. The third kappa shape index (κ3) is 6.08. The number of benzene rings is 3. The summed E-state index contributed by atoms with van der Waals surface area (Å²) < 4.78 is 11.7. The van der Waals surface area contributed by atoms with E-state index in [4.69, 9.17) is 9.47 Å². The van der Waals surface area contributed by atoms with Crippen LogP contribution in [-0.4, -0.2) is 37.6 Å². The molecule has 2 aliphatic rings. The number of amides is 1. The molecular formula is C31H36N2O3. The lowest BCUT2D eigenvalue weighted by molar-refractivity contribution is -0.128. The van der Waals surface area contributed by atoms with Crippen molar-refractivity contribution in [2.45, 2.75) is 38.8 Å². The molecule has 0 unspecified atom stereocenters. The van der Waals surface area contributed by atoms with Gasteiger partial charge in [-0.1, -0.05) is 54.6 Å². The molecular weight excluding hydrogens is 448 g/mol. The standard InChI is InChI=1S/C31H36N2O3/c1-35-30-13-6-5-10-27(30)18-32-31(34)28-16-24(20-33(21-28)19-23-8-3-2-4-9-23)22-36-29-15-14-25-11-7-12-26(25)17-29/h2-6,8-10,13-15,17,24,28H,7,11-12,16,18-22H2,1H3,(H,32,34)/t24-,28+/m0/s1. The van der Waals surface area contributed by atoms with Gasteiger partial charge in [-0.05, 0) is 60.6 Å². The smallest absolute Gasteiger partial charge is 0.224 e. The SMILES string of the molecule is COc1ccccc1CNC(=O)[C@@H]1C[C@H](COc2ccc3c(c2)CCC3)CN(Cc2ccccc2)C1. The van der Waals surface area contributed by atoms with Gasteiger partial charge in [-0.3, -0.25) is 9.69 Å². The fourth-order valence-corrected chi connectivity index (χ4v) is 5.61. The number of hydrogen-bond donors (Lipinski definition) is 1. The van der Waals surface area contributed by atoms with Gasteiger partial charge in [-0.25, -0.2) is 0 Å². The number of nitrogens with zero attached hydrogens (tertiary/aromatic N) is 1. The van der Waals surface area contributed by atoms with Crippen molar-refractivity contribution in [1.82, 2.24) is 10.2 Å². The first kappa shape index (κ1) is 24.4. The summed E-state index contributed by atoms with van der Waals surface area (Å²) in [4.78, 5) is 15.7. The van der Waals surface area contributed by atoms with Gasteiger partial charge in [0.2, 0.25) is 5.91 Å². The number of methoxy groups -OCH3 is 1. The van der Waals surface area contributed by atoms with E-state index in [1.54, 1.807) is 7.11 Å². The molecule has 1 aliphatic heterocycles. The van der Waals surface area contributed by atoms with Crippen molar-refractivity contribution in [3.05, 3.63) is 95.1 Å². The fourth-order valence-electron chi connectivity index (χ4n) is 5.61. The van der Waals surface area contributed by atoms with Crippen molar-refractivity contribution in [2.75, 3.05) is 26.8 Å². The Balaban J connectivity index is 1.24. The number of carbonyl (C=O) groups excluding carboxylic acids is 1. The molecule has 2 atom stereocenters. The maximum atomic E-state index is 13.3. The van der Waals surface area contributed by atoms with E-state index in [-0.39, 0.29) is 17.7 Å². The van der Waals surface area contributed by atoms with Crippen LogP contribution in [0.25, 0.3) is 0 Å². The summed E-state index contributed by atoms with van der Waals surface area (Å²) in [7, 11) is 1.66. The lowest BCUT2D eigenvalue weighted by Gasteiger charge is -2.37. The molecule has 1 aliphatic carbocycles. The van der Waals surface area contributed by atoms with Crippen molar-refractivity contribution in [1.29, 1.82) is 0 Å². The highest BCUT2D eigenvalue weighted by Crippen LogP contribution is 2.28. The first-order valence-corrected chi connectivity index (χ1v) is 13.1. The van der Waals surface area contributed by atoms with Crippen LogP contribution in [0.3, 0.4) is 0 Å². The summed E-state index contributed by atoms with van der Waals surface area (Å²) in [5.74, 6) is 2.06. The molecule has 1 N–H and O–H groups in total. The number of ether oxygens (including phenoxy) is 2. The number of para-hydroxylation sites is 1. The number of aryl methyl sites for hydroxylation is 2. The van der Waals surface area contributed by atoms with Crippen LogP contribution < -0.4 is 14.8 Å². The van der Waals surface area contributed by atoms with Crippen LogP contribution in [0.4, 0.5) is 0 Å². The summed E-state index contributed by atoms with van der Waals surface area (Å²) >= 11 is 0. The molecule has 0 radical (unpaired) electrons. The van der Waals surface area contributed by atoms with Gasteiger partial charge in [-0.2, -0.15) is 0 Å². The second-order valence-electron chi connectivity index (χ2n) is 10.1. The van der Waals surface area contributed by atoms with E-state index in [0.717, 1.165) is 49.5 Å². The Bertz CT molecular complexity index is 1160. The molecule has 5 nitrogen and oxygen atoms in total. The molecule has 3 aromatic rings. The zero-order chi connectivity index (χ0) is 24.7. The Morgan fingerprint density at radius 2 is 1.78 bits per heavy atom. The zero-order valence-corrected chi connectivity index (χ0v) is 21.1. The molecule has 1 heterocycles. The van der Waals surface area contributed by atoms with Gasteiger partial charge >= 0.3 is 0 Å². The molecule has 5 heteroatoms. The summed E-state index contributed by atoms with van der Waals surface area (Å²) in [6.07, 6.45) is 4.39. The fraction of sp³-hybridized carbons (Fsp3) is 0.387. The van der Waals surface area contributed by atoms with Gasteiger partial charge in [0.25, 0.3) is 0 Å². The third-order valence-corrected chi connectivity index (χ3v) is 7.43. The Morgan fingerprint density at radius 1 is 0.972 bits per heavy atom. The number of rotatable bonds is 9. The van der Waals surface area contributed by atoms with E-state index in [9.17, 15) is 4.79 Å². The Labute approximate surface area is 214 Å². The third-order valence-electron chi connectivity index (χ3n) is 7.43. The van der Waals surface area contributed by atoms with Crippen molar-refractivity contribution >= 4 is 5.91 Å². The van der Waals surface area contributed by atoms with Crippen molar-refractivity contribution in [3.63, 3.8) is 0 Å². The Kier molecular flexibility index (Phi) is 7.87. The molecule has 1 saturated heterocycles. The molecule has 0 bridgehead atoms. The van der Waals surface area contributed by atoms with E-state index in [2.05, 4.69) is 52.7 Å². The number of fused-ring (bicyclic) bond motifs is 1. The molecule has 188 valence electrons. The predicted octanol–water partition coefficient (Wildman–Crippen LogP) is 5.02. The van der Waals surface area contributed by atoms with Crippen LogP contribution in [0.1, 0.15) is 35.1 Å². The van der Waals surface area contributed by atoms with Crippen molar-refractivity contribution < 1.29 is 14.3 Å². The number of likely N-dealkylation sites (tertiary alicyclic amines) is 1. The minimum absolute atomic E-state index is 0.0780. The first-order valence-electron chi connectivity index (χ1n) is 13.1. The van der Waals surface area contributed by atoms with Gasteiger partial charge in [0, 0.05) is 37.7 Å². The van der Waals surface area contributed by atoms with E-state index in [1.807, 2.05) is 30.3 Å². The van der Waals surface area contributed by atoms with Crippen LogP contribution in [0.2, 0.25) is 0 Å². The van der Waals surface area contributed by atoms with E-state index in [1.165, 1.54) is 29.5 Å². The molecule has 1 amide bonds. The summed E-state index contributed by atoms with van der Waals surface area (Å²) in [5, 5.41) is 3.16. The lowest BCUT2D eigenvalue weighted by Crippen LogP contribution is -2.47. The van der Waals surface area contributed by atoms with E-state index < -0.39 is 0 Å². The van der Waals surface area contributed by atoms with Crippen molar-refractivity contribution in [2.24, 2.45) is 11.8 Å². The normalized spacial score (nSPS) is 19.5. The van der Waals surface area contributed by atoms with Crippen LogP contribution >= 0.6 is 0 Å².